The zero-order chi connectivity index (χ0) is 22.5. The molecule has 0 aliphatic carbocycles. The lowest BCUT2D eigenvalue weighted by molar-refractivity contribution is -0.116. The van der Waals surface area contributed by atoms with E-state index in [2.05, 4.69) is 5.32 Å². The summed E-state index contributed by atoms with van der Waals surface area (Å²) >= 11 is 1.08. The number of carbonyl (C=O) groups excluding carboxylic acids is 3. The molecule has 6 nitrogen and oxygen atoms in total. The standard InChI is InChI=1S/C24H24N2O4S/c1-15-18(24(29)30-4)22(31-20(15)23(28)26(2)3)25-21(27)19(16-11-7-5-8-12-16)17-13-9-6-10-14-17/h5-14,19H,1-4H3,(H,25,27). The van der Waals surface area contributed by atoms with Crippen molar-refractivity contribution < 1.29 is 19.1 Å². The molecule has 0 aliphatic heterocycles. The molecule has 0 atom stereocenters. The number of nitrogens with one attached hydrogen (secondary N) is 1. The highest BCUT2D eigenvalue weighted by molar-refractivity contribution is 7.18. The maximum Gasteiger partial charge on any atom is 0.341 e. The van der Waals surface area contributed by atoms with E-state index in [4.69, 9.17) is 4.74 Å². The summed E-state index contributed by atoms with van der Waals surface area (Å²) in [5, 5.41) is 3.19. The maximum absolute atomic E-state index is 13.4. The highest BCUT2D eigenvalue weighted by Crippen LogP contribution is 2.36. The Morgan fingerprint density at radius 1 is 0.935 bits per heavy atom. The number of hydrogen-bond acceptors (Lipinski definition) is 5. The molecular formula is C24H24N2O4S. The lowest BCUT2D eigenvalue weighted by Gasteiger charge is -2.18. The summed E-state index contributed by atoms with van der Waals surface area (Å²) in [7, 11) is 4.55. The van der Waals surface area contributed by atoms with Crippen LogP contribution in [-0.4, -0.2) is 43.9 Å². The quantitative estimate of drug-likeness (QED) is 0.584. The predicted octanol–water partition coefficient (Wildman–Crippen LogP) is 4.32. The van der Waals surface area contributed by atoms with E-state index in [1.807, 2.05) is 60.7 Å². The van der Waals surface area contributed by atoms with E-state index >= 15 is 0 Å². The number of ether oxygens (including phenoxy) is 1. The molecule has 0 spiro atoms. The largest absolute Gasteiger partial charge is 0.465 e. The zero-order valence-corrected chi connectivity index (χ0v) is 18.7. The Morgan fingerprint density at radius 2 is 1.45 bits per heavy atom. The van der Waals surface area contributed by atoms with Crippen molar-refractivity contribution in [3.8, 4) is 0 Å². The molecule has 1 heterocycles. The van der Waals surface area contributed by atoms with Gasteiger partial charge in [0.1, 0.15) is 5.00 Å². The summed E-state index contributed by atoms with van der Waals surface area (Å²) in [6.07, 6.45) is 0. The normalized spacial score (nSPS) is 10.6. The van der Waals surface area contributed by atoms with Gasteiger partial charge in [0, 0.05) is 14.1 Å². The second kappa shape index (κ2) is 9.57. The highest BCUT2D eigenvalue weighted by atomic mass is 32.1. The average molecular weight is 437 g/mol. The van der Waals surface area contributed by atoms with Gasteiger partial charge in [-0.3, -0.25) is 9.59 Å². The minimum Gasteiger partial charge on any atom is -0.465 e. The van der Waals surface area contributed by atoms with Crippen LogP contribution in [0.3, 0.4) is 0 Å². The van der Waals surface area contributed by atoms with Crippen LogP contribution in [0.1, 0.15) is 42.6 Å². The SMILES string of the molecule is COC(=O)c1c(NC(=O)C(c2ccccc2)c2ccccc2)sc(C(=O)N(C)C)c1C. The second-order valence-electron chi connectivity index (χ2n) is 7.20. The first-order valence-corrected chi connectivity index (χ1v) is 10.5. The third-order valence-electron chi connectivity index (χ3n) is 4.90. The number of hydrogen-bond donors (Lipinski definition) is 1. The van der Waals surface area contributed by atoms with Crippen molar-refractivity contribution in [1.29, 1.82) is 0 Å². The van der Waals surface area contributed by atoms with Gasteiger partial charge in [-0.25, -0.2) is 4.79 Å². The van der Waals surface area contributed by atoms with E-state index < -0.39 is 11.9 Å². The van der Waals surface area contributed by atoms with Crippen LogP contribution in [-0.2, 0) is 9.53 Å². The fourth-order valence-corrected chi connectivity index (χ4v) is 4.55. The molecule has 1 N–H and O–H groups in total. The Morgan fingerprint density at radius 3 is 1.90 bits per heavy atom. The molecule has 7 heteroatoms. The Kier molecular flexibility index (Phi) is 6.87. The van der Waals surface area contributed by atoms with Crippen LogP contribution in [0.15, 0.2) is 60.7 Å². The third kappa shape index (κ3) is 4.67. The van der Waals surface area contributed by atoms with Crippen LogP contribution in [0.5, 0.6) is 0 Å². The maximum atomic E-state index is 13.4. The van der Waals surface area contributed by atoms with E-state index in [1.165, 1.54) is 12.0 Å². The van der Waals surface area contributed by atoms with Crippen LogP contribution in [0.25, 0.3) is 0 Å². The van der Waals surface area contributed by atoms with E-state index in [1.54, 1.807) is 21.0 Å². The summed E-state index contributed by atoms with van der Waals surface area (Å²) in [5.74, 6) is -1.72. The van der Waals surface area contributed by atoms with Gasteiger partial charge in [-0.1, -0.05) is 60.7 Å². The summed E-state index contributed by atoms with van der Waals surface area (Å²) < 4.78 is 4.91. The van der Waals surface area contributed by atoms with Crippen molar-refractivity contribution >= 4 is 34.1 Å². The van der Waals surface area contributed by atoms with Gasteiger partial charge in [0.25, 0.3) is 5.91 Å². The summed E-state index contributed by atoms with van der Waals surface area (Å²) in [5.41, 5.74) is 2.33. The van der Waals surface area contributed by atoms with Crippen LogP contribution >= 0.6 is 11.3 Å². The van der Waals surface area contributed by atoms with E-state index in [0.29, 0.717) is 15.4 Å². The Bertz CT molecular complexity index is 1050. The molecule has 2 amide bonds. The number of carbonyl (C=O) groups is 3. The molecule has 0 saturated carbocycles. The van der Waals surface area contributed by atoms with Crippen molar-refractivity contribution in [2.24, 2.45) is 0 Å². The van der Waals surface area contributed by atoms with Gasteiger partial charge in [-0.05, 0) is 23.6 Å². The summed E-state index contributed by atoms with van der Waals surface area (Å²) in [4.78, 5) is 40.3. The number of rotatable bonds is 6. The number of anilines is 1. The van der Waals surface area contributed by atoms with E-state index in [9.17, 15) is 14.4 Å². The Balaban J connectivity index is 2.05. The first-order chi connectivity index (χ1) is 14.8. The fraction of sp³-hybridized carbons (Fsp3) is 0.208. The van der Waals surface area contributed by atoms with Crippen LogP contribution < -0.4 is 5.32 Å². The summed E-state index contributed by atoms with van der Waals surface area (Å²) in [6.45, 7) is 1.68. The molecule has 160 valence electrons. The number of methoxy groups -OCH3 is 1. The second-order valence-corrected chi connectivity index (χ2v) is 8.22. The molecule has 0 bridgehead atoms. The van der Waals surface area contributed by atoms with Gasteiger partial charge in [0.05, 0.1) is 23.5 Å². The van der Waals surface area contributed by atoms with Crippen LogP contribution in [0.2, 0.25) is 0 Å². The molecule has 0 saturated heterocycles. The fourth-order valence-electron chi connectivity index (χ4n) is 3.33. The van der Waals surface area contributed by atoms with Crippen molar-refractivity contribution in [2.45, 2.75) is 12.8 Å². The van der Waals surface area contributed by atoms with Crippen molar-refractivity contribution in [1.82, 2.24) is 4.90 Å². The first-order valence-electron chi connectivity index (χ1n) is 9.69. The molecule has 0 unspecified atom stereocenters. The number of amides is 2. The van der Waals surface area contributed by atoms with Gasteiger partial charge in [0.2, 0.25) is 5.91 Å². The van der Waals surface area contributed by atoms with Gasteiger partial charge in [-0.2, -0.15) is 0 Å². The van der Waals surface area contributed by atoms with Crippen LogP contribution in [0, 0.1) is 6.92 Å². The molecule has 0 radical (unpaired) electrons. The predicted molar refractivity (Wildman–Crippen MR) is 122 cm³/mol. The Hall–Kier alpha value is -3.45. The monoisotopic (exact) mass is 436 g/mol. The molecule has 2 aromatic carbocycles. The number of benzene rings is 2. The van der Waals surface area contributed by atoms with Crippen LogP contribution in [0.4, 0.5) is 5.00 Å². The zero-order valence-electron chi connectivity index (χ0n) is 17.8. The smallest absolute Gasteiger partial charge is 0.341 e. The topological polar surface area (TPSA) is 75.7 Å². The minimum atomic E-state index is -0.599. The molecule has 1 aromatic heterocycles. The lowest BCUT2D eigenvalue weighted by atomic mass is 9.90. The molecular weight excluding hydrogens is 412 g/mol. The van der Waals surface area contributed by atoms with Gasteiger partial charge < -0.3 is 15.0 Å². The number of thiophene rings is 1. The van der Waals surface area contributed by atoms with Crippen molar-refractivity contribution in [3.63, 3.8) is 0 Å². The molecule has 3 rings (SSSR count). The lowest BCUT2D eigenvalue weighted by Crippen LogP contribution is -2.23. The average Bonchev–Trinajstić information content (AvgIpc) is 3.09. The number of nitrogens with zero attached hydrogens (tertiary/aromatic N) is 1. The molecule has 0 aliphatic rings. The number of esters is 1. The van der Waals surface area contributed by atoms with E-state index in [-0.39, 0.29) is 17.4 Å². The first kappa shape index (κ1) is 22.2. The highest BCUT2D eigenvalue weighted by Gasteiger charge is 2.29. The van der Waals surface area contributed by atoms with Gasteiger partial charge >= 0.3 is 5.97 Å². The minimum absolute atomic E-state index is 0.200. The van der Waals surface area contributed by atoms with Crippen molar-refractivity contribution in [3.05, 3.63) is 87.8 Å². The molecule has 31 heavy (non-hydrogen) atoms. The van der Waals surface area contributed by atoms with Gasteiger partial charge in [0.15, 0.2) is 0 Å². The Labute approximate surface area is 185 Å². The van der Waals surface area contributed by atoms with Crippen molar-refractivity contribution in [2.75, 3.05) is 26.5 Å². The van der Waals surface area contributed by atoms with E-state index in [0.717, 1.165) is 22.5 Å². The van der Waals surface area contributed by atoms with Gasteiger partial charge in [-0.15, -0.1) is 11.3 Å². The third-order valence-corrected chi connectivity index (χ3v) is 6.10. The molecule has 0 fully saturated rings. The molecule has 3 aromatic rings. The summed E-state index contributed by atoms with van der Waals surface area (Å²) in [6, 6.07) is 18.8.